The van der Waals surface area contributed by atoms with Crippen LogP contribution in [0, 0.1) is 16.7 Å². The summed E-state index contributed by atoms with van der Waals surface area (Å²) in [6, 6.07) is 6.77. The largest absolute Gasteiger partial charge is 0.323 e. The minimum absolute atomic E-state index is 0.383. The Bertz CT molecular complexity index is 482. The van der Waals surface area contributed by atoms with Gasteiger partial charge >= 0.3 is 0 Å². The summed E-state index contributed by atoms with van der Waals surface area (Å²) >= 11 is 11.7. The molecule has 3 nitrogen and oxygen atoms in total. The number of benzene rings is 1. The van der Waals surface area contributed by atoms with Crippen molar-refractivity contribution in [2.24, 2.45) is 5.41 Å². The summed E-state index contributed by atoms with van der Waals surface area (Å²) < 4.78 is 0. The molecule has 0 radical (unpaired) electrons. The van der Waals surface area contributed by atoms with Crippen molar-refractivity contribution in [2.75, 3.05) is 5.32 Å². The molecule has 1 aromatic carbocycles. The van der Waals surface area contributed by atoms with Crippen molar-refractivity contribution in [3.8, 4) is 6.07 Å². The fraction of sp³-hybridized carbons (Fsp3) is 0.333. The van der Waals surface area contributed by atoms with Crippen LogP contribution in [0.2, 0.25) is 10.0 Å². The third-order valence-corrected chi connectivity index (χ3v) is 3.20. The van der Waals surface area contributed by atoms with Crippen molar-refractivity contribution in [2.45, 2.75) is 20.3 Å². The SMILES string of the molecule is CCC(C)(C#N)C(=O)Nc1cc(Cl)ccc1Cl. The molecule has 17 heavy (non-hydrogen) atoms. The number of nitrogens with zero attached hydrogens (tertiary/aromatic N) is 1. The van der Waals surface area contributed by atoms with E-state index in [1.54, 1.807) is 32.0 Å². The zero-order valence-corrected chi connectivity index (χ0v) is 11.1. The molecule has 0 aliphatic heterocycles. The fourth-order valence-electron chi connectivity index (χ4n) is 1.14. The Morgan fingerprint density at radius 3 is 2.71 bits per heavy atom. The van der Waals surface area contributed by atoms with Gasteiger partial charge in [0.1, 0.15) is 5.41 Å². The van der Waals surface area contributed by atoms with Gasteiger partial charge in [-0.15, -0.1) is 0 Å². The Hall–Kier alpha value is -1.24. The van der Waals surface area contributed by atoms with Crippen LogP contribution in [0.15, 0.2) is 18.2 Å². The van der Waals surface area contributed by atoms with Gasteiger partial charge < -0.3 is 5.32 Å². The maximum absolute atomic E-state index is 11.9. The summed E-state index contributed by atoms with van der Waals surface area (Å²) in [6.07, 6.45) is 0.424. The summed E-state index contributed by atoms with van der Waals surface area (Å²) in [6.45, 7) is 3.36. The number of carbonyl (C=O) groups is 1. The molecular formula is C12H12Cl2N2O. The molecule has 1 atom stereocenters. The number of carbonyl (C=O) groups excluding carboxylic acids is 1. The van der Waals surface area contributed by atoms with Crippen molar-refractivity contribution >= 4 is 34.8 Å². The summed E-state index contributed by atoms with van der Waals surface area (Å²) in [7, 11) is 0. The van der Waals surface area contributed by atoms with Crippen LogP contribution < -0.4 is 5.32 Å². The van der Waals surface area contributed by atoms with Gasteiger partial charge in [-0.1, -0.05) is 30.1 Å². The minimum atomic E-state index is -1.06. The predicted octanol–water partition coefficient (Wildman–Crippen LogP) is 3.87. The molecule has 0 aliphatic rings. The van der Waals surface area contributed by atoms with E-state index in [0.717, 1.165) is 0 Å². The van der Waals surface area contributed by atoms with E-state index >= 15 is 0 Å². The quantitative estimate of drug-likeness (QED) is 0.907. The maximum atomic E-state index is 11.9. The third kappa shape index (κ3) is 3.12. The van der Waals surface area contributed by atoms with Crippen molar-refractivity contribution in [3.63, 3.8) is 0 Å². The molecule has 0 fully saturated rings. The Kier molecular flexibility index (Phi) is 4.39. The van der Waals surface area contributed by atoms with Crippen LogP contribution in [-0.4, -0.2) is 5.91 Å². The Morgan fingerprint density at radius 1 is 1.53 bits per heavy atom. The number of rotatable bonds is 3. The molecule has 0 bridgehead atoms. The lowest BCUT2D eigenvalue weighted by Gasteiger charge is -2.19. The molecule has 0 saturated heterocycles. The standard InChI is InChI=1S/C12H12Cl2N2O/c1-3-12(2,7-15)11(17)16-10-6-8(13)4-5-9(10)14/h4-6H,3H2,1-2H3,(H,16,17). The molecular weight excluding hydrogens is 259 g/mol. The van der Waals surface area contributed by atoms with Crippen molar-refractivity contribution in [1.82, 2.24) is 0 Å². The van der Waals surface area contributed by atoms with Crippen LogP contribution in [0.3, 0.4) is 0 Å². The van der Waals surface area contributed by atoms with Gasteiger partial charge in [-0.25, -0.2) is 0 Å². The van der Waals surface area contributed by atoms with E-state index in [1.807, 2.05) is 6.07 Å². The second-order valence-corrected chi connectivity index (χ2v) is 4.72. The highest BCUT2D eigenvalue weighted by Crippen LogP contribution is 2.28. The topological polar surface area (TPSA) is 52.9 Å². The number of amides is 1. The van der Waals surface area contributed by atoms with E-state index in [2.05, 4.69) is 5.32 Å². The van der Waals surface area contributed by atoms with Gasteiger partial charge in [0.2, 0.25) is 5.91 Å². The zero-order chi connectivity index (χ0) is 13.1. The molecule has 1 aromatic rings. The monoisotopic (exact) mass is 270 g/mol. The van der Waals surface area contributed by atoms with Gasteiger partial charge in [-0.05, 0) is 31.5 Å². The molecule has 0 spiro atoms. The van der Waals surface area contributed by atoms with E-state index in [1.165, 1.54) is 0 Å². The van der Waals surface area contributed by atoms with E-state index in [4.69, 9.17) is 28.5 Å². The molecule has 5 heteroatoms. The first-order chi connectivity index (χ1) is 7.92. The molecule has 90 valence electrons. The summed E-state index contributed by atoms with van der Waals surface area (Å²) in [4.78, 5) is 11.9. The number of hydrogen-bond donors (Lipinski definition) is 1. The fourth-order valence-corrected chi connectivity index (χ4v) is 1.48. The van der Waals surface area contributed by atoms with E-state index in [-0.39, 0.29) is 5.91 Å². The zero-order valence-electron chi connectivity index (χ0n) is 9.55. The first-order valence-electron chi connectivity index (χ1n) is 5.10. The number of anilines is 1. The van der Waals surface area contributed by atoms with Crippen molar-refractivity contribution in [3.05, 3.63) is 28.2 Å². The van der Waals surface area contributed by atoms with Crippen LogP contribution in [0.5, 0.6) is 0 Å². The molecule has 1 unspecified atom stereocenters. The van der Waals surface area contributed by atoms with Gasteiger partial charge in [-0.3, -0.25) is 4.79 Å². The second-order valence-electron chi connectivity index (χ2n) is 3.88. The molecule has 0 heterocycles. The molecule has 1 amide bonds. The summed E-state index contributed by atoms with van der Waals surface area (Å²) in [5.41, 5.74) is -0.648. The van der Waals surface area contributed by atoms with Crippen LogP contribution >= 0.6 is 23.2 Å². The lowest BCUT2D eigenvalue weighted by molar-refractivity contribution is -0.122. The van der Waals surface area contributed by atoms with Crippen molar-refractivity contribution < 1.29 is 4.79 Å². The number of nitrogens with one attached hydrogen (secondary N) is 1. The Morgan fingerprint density at radius 2 is 2.18 bits per heavy atom. The van der Waals surface area contributed by atoms with Gasteiger partial charge in [0.05, 0.1) is 16.8 Å². The highest BCUT2D eigenvalue weighted by Gasteiger charge is 2.31. The van der Waals surface area contributed by atoms with Crippen LogP contribution in [0.1, 0.15) is 20.3 Å². The molecule has 0 aliphatic carbocycles. The van der Waals surface area contributed by atoms with E-state index < -0.39 is 5.41 Å². The highest BCUT2D eigenvalue weighted by atomic mass is 35.5. The Labute approximate surface area is 110 Å². The van der Waals surface area contributed by atoms with E-state index in [9.17, 15) is 4.79 Å². The van der Waals surface area contributed by atoms with Crippen LogP contribution in [-0.2, 0) is 4.79 Å². The van der Waals surface area contributed by atoms with Gasteiger partial charge in [-0.2, -0.15) is 5.26 Å². The maximum Gasteiger partial charge on any atom is 0.244 e. The number of hydrogen-bond acceptors (Lipinski definition) is 2. The average molecular weight is 271 g/mol. The lowest BCUT2D eigenvalue weighted by atomic mass is 9.88. The summed E-state index contributed by atoms with van der Waals surface area (Å²) in [5.74, 6) is -0.383. The van der Waals surface area contributed by atoms with Gasteiger partial charge in [0.25, 0.3) is 0 Å². The average Bonchev–Trinajstić information content (AvgIpc) is 2.32. The summed E-state index contributed by atoms with van der Waals surface area (Å²) in [5, 5.41) is 12.5. The van der Waals surface area contributed by atoms with Crippen LogP contribution in [0.4, 0.5) is 5.69 Å². The predicted molar refractivity (Wildman–Crippen MR) is 69.1 cm³/mol. The molecule has 1 N–H and O–H groups in total. The molecule has 0 aromatic heterocycles. The second kappa shape index (κ2) is 5.39. The smallest absolute Gasteiger partial charge is 0.244 e. The van der Waals surface area contributed by atoms with Gasteiger partial charge in [0, 0.05) is 5.02 Å². The normalized spacial score (nSPS) is 13.6. The molecule has 1 rings (SSSR count). The number of halogens is 2. The number of nitriles is 1. The van der Waals surface area contributed by atoms with Gasteiger partial charge in [0.15, 0.2) is 0 Å². The highest BCUT2D eigenvalue weighted by molar-refractivity contribution is 6.35. The third-order valence-electron chi connectivity index (χ3n) is 2.63. The van der Waals surface area contributed by atoms with Crippen LogP contribution in [0.25, 0.3) is 0 Å². The van der Waals surface area contributed by atoms with Crippen molar-refractivity contribution in [1.29, 1.82) is 5.26 Å². The first-order valence-corrected chi connectivity index (χ1v) is 5.86. The van der Waals surface area contributed by atoms with E-state index in [0.29, 0.717) is 22.2 Å². The lowest BCUT2D eigenvalue weighted by Crippen LogP contribution is -2.31. The Balaban J connectivity index is 2.96. The minimum Gasteiger partial charge on any atom is -0.323 e. The first kappa shape index (κ1) is 13.8. The molecule has 0 saturated carbocycles.